The molecule has 2 atom stereocenters. The highest BCUT2D eigenvalue weighted by molar-refractivity contribution is 5.67. The van der Waals surface area contributed by atoms with Gasteiger partial charge in [0.15, 0.2) is 0 Å². The molecule has 1 aliphatic rings. The van der Waals surface area contributed by atoms with Crippen LogP contribution >= 0.6 is 0 Å². The summed E-state index contributed by atoms with van der Waals surface area (Å²) in [4.78, 5) is 11.6. The summed E-state index contributed by atoms with van der Waals surface area (Å²) >= 11 is 0. The zero-order valence-electron chi connectivity index (χ0n) is 11.3. The summed E-state index contributed by atoms with van der Waals surface area (Å²) in [6.45, 7) is 6.83. The first-order valence-corrected chi connectivity index (χ1v) is 6.46. The van der Waals surface area contributed by atoms with Crippen molar-refractivity contribution in [3.05, 3.63) is 35.9 Å². The Labute approximate surface area is 109 Å². The lowest BCUT2D eigenvalue weighted by Crippen LogP contribution is -2.35. The second-order valence-corrected chi connectivity index (χ2v) is 5.79. The van der Waals surface area contributed by atoms with Crippen molar-refractivity contribution < 1.29 is 9.53 Å². The van der Waals surface area contributed by atoms with Gasteiger partial charge in [-0.25, -0.2) is 4.79 Å². The van der Waals surface area contributed by atoms with Gasteiger partial charge in [-0.2, -0.15) is 0 Å². The lowest BCUT2D eigenvalue weighted by Gasteiger charge is -2.15. The number of carbonyl (C=O) groups excluding carboxylic acids is 1. The molecule has 0 spiro atoms. The molecule has 0 heterocycles. The van der Waals surface area contributed by atoms with Gasteiger partial charge in [0.25, 0.3) is 0 Å². The number of carbonyl (C=O) groups is 1. The largest absolute Gasteiger partial charge is 0.445 e. The van der Waals surface area contributed by atoms with Crippen LogP contribution in [-0.2, 0) is 11.3 Å². The Morgan fingerprint density at radius 1 is 1.44 bits per heavy atom. The molecule has 1 saturated carbocycles. The van der Waals surface area contributed by atoms with E-state index in [2.05, 4.69) is 19.2 Å². The van der Waals surface area contributed by atoms with Crippen LogP contribution in [0.25, 0.3) is 0 Å². The summed E-state index contributed by atoms with van der Waals surface area (Å²) in [6, 6.07) is 9.89. The summed E-state index contributed by atoms with van der Waals surface area (Å²) in [7, 11) is 0. The molecule has 1 amide bonds. The van der Waals surface area contributed by atoms with E-state index in [1.165, 1.54) is 6.42 Å². The maximum Gasteiger partial charge on any atom is 0.407 e. The Morgan fingerprint density at radius 3 is 2.61 bits per heavy atom. The molecule has 3 nitrogen and oxygen atoms in total. The van der Waals surface area contributed by atoms with Gasteiger partial charge < -0.3 is 10.1 Å². The Kier molecular flexibility index (Phi) is 3.60. The van der Waals surface area contributed by atoms with Crippen LogP contribution < -0.4 is 5.32 Å². The van der Waals surface area contributed by atoms with Crippen molar-refractivity contribution in [3.8, 4) is 0 Å². The molecule has 0 bridgehead atoms. The summed E-state index contributed by atoms with van der Waals surface area (Å²) < 4.78 is 5.19. The second kappa shape index (κ2) is 5.01. The zero-order valence-corrected chi connectivity index (χ0v) is 11.3. The van der Waals surface area contributed by atoms with Crippen LogP contribution in [0.1, 0.15) is 32.8 Å². The number of amides is 1. The number of alkyl carbamates (subject to hydrolysis) is 1. The Balaban J connectivity index is 1.73. The fourth-order valence-electron chi connectivity index (χ4n) is 2.41. The number of benzene rings is 1. The summed E-state index contributed by atoms with van der Waals surface area (Å²) in [5.74, 6) is 0.571. The average Bonchev–Trinajstić information content (AvgIpc) is 2.97. The maximum absolute atomic E-state index is 11.6. The van der Waals surface area contributed by atoms with Gasteiger partial charge in [-0.15, -0.1) is 0 Å². The van der Waals surface area contributed by atoms with Crippen LogP contribution in [0, 0.1) is 11.3 Å². The lowest BCUT2D eigenvalue weighted by molar-refractivity contribution is 0.134. The van der Waals surface area contributed by atoms with Gasteiger partial charge in [0, 0.05) is 6.04 Å². The van der Waals surface area contributed by atoms with Crippen molar-refractivity contribution in [2.45, 2.75) is 39.8 Å². The summed E-state index contributed by atoms with van der Waals surface area (Å²) in [5, 5.41) is 2.91. The van der Waals surface area contributed by atoms with Crippen molar-refractivity contribution in [2.24, 2.45) is 11.3 Å². The third kappa shape index (κ3) is 3.25. The highest BCUT2D eigenvalue weighted by Gasteiger charge is 2.49. The lowest BCUT2D eigenvalue weighted by atomic mass is 10.1. The number of hydrogen-bond donors (Lipinski definition) is 1. The molecule has 1 N–H and O–H groups in total. The minimum absolute atomic E-state index is 0.184. The van der Waals surface area contributed by atoms with E-state index in [-0.39, 0.29) is 12.1 Å². The molecule has 0 aliphatic heterocycles. The molecule has 1 aromatic carbocycles. The van der Waals surface area contributed by atoms with Gasteiger partial charge in [-0.3, -0.25) is 0 Å². The minimum Gasteiger partial charge on any atom is -0.445 e. The van der Waals surface area contributed by atoms with Gasteiger partial charge in [-0.1, -0.05) is 44.2 Å². The highest BCUT2D eigenvalue weighted by Crippen LogP contribution is 2.53. The van der Waals surface area contributed by atoms with Crippen LogP contribution in [0.15, 0.2) is 30.3 Å². The molecule has 0 aromatic heterocycles. The standard InChI is InChI=1S/C15H21NO2/c1-11(13-9-15(13,2)3)16-14(17)18-10-12-7-5-4-6-8-12/h4-8,11,13H,9-10H2,1-3H3,(H,16,17). The van der Waals surface area contributed by atoms with Crippen LogP contribution in [0.2, 0.25) is 0 Å². The maximum atomic E-state index is 11.6. The number of hydrogen-bond acceptors (Lipinski definition) is 2. The van der Waals surface area contributed by atoms with Crippen molar-refractivity contribution in [1.82, 2.24) is 5.32 Å². The molecule has 2 rings (SSSR count). The molecule has 98 valence electrons. The topological polar surface area (TPSA) is 38.3 Å². The molecule has 1 fully saturated rings. The van der Waals surface area contributed by atoms with Crippen molar-refractivity contribution >= 4 is 6.09 Å². The summed E-state index contributed by atoms with van der Waals surface area (Å²) in [5.41, 5.74) is 1.37. The number of nitrogens with one attached hydrogen (secondary N) is 1. The smallest absolute Gasteiger partial charge is 0.407 e. The first kappa shape index (κ1) is 12.9. The molecule has 0 radical (unpaired) electrons. The average molecular weight is 247 g/mol. The summed E-state index contributed by atoms with van der Waals surface area (Å²) in [6.07, 6.45) is 0.849. The number of rotatable bonds is 4. The Morgan fingerprint density at radius 2 is 2.06 bits per heavy atom. The van der Waals surface area contributed by atoms with Gasteiger partial charge in [0.05, 0.1) is 0 Å². The van der Waals surface area contributed by atoms with Crippen molar-refractivity contribution in [1.29, 1.82) is 0 Å². The number of ether oxygens (including phenoxy) is 1. The molecule has 18 heavy (non-hydrogen) atoms. The van der Waals surface area contributed by atoms with E-state index in [1.54, 1.807) is 0 Å². The van der Waals surface area contributed by atoms with Crippen LogP contribution in [-0.4, -0.2) is 12.1 Å². The van der Waals surface area contributed by atoms with Crippen molar-refractivity contribution in [2.75, 3.05) is 0 Å². The molecule has 2 unspecified atom stereocenters. The molecular formula is C15H21NO2. The van der Waals surface area contributed by atoms with E-state index >= 15 is 0 Å². The van der Waals surface area contributed by atoms with Crippen LogP contribution in [0.4, 0.5) is 4.79 Å². The van der Waals surface area contributed by atoms with E-state index in [0.29, 0.717) is 17.9 Å². The fraction of sp³-hybridized carbons (Fsp3) is 0.533. The van der Waals surface area contributed by atoms with Gasteiger partial charge in [0.2, 0.25) is 0 Å². The third-order valence-corrected chi connectivity index (χ3v) is 3.75. The second-order valence-electron chi connectivity index (χ2n) is 5.79. The Hall–Kier alpha value is -1.51. The normalized spacial score (nSPS) is 22.1. The van der Waals surface area contributed by atoms with Gasteiger partial charge in [0.1, 0.15) is 6.61 Å². The molecule has 1 aromatic rings. The fourth-order valence-corrected chi connectivity index (χ4v) is 2.41. The van der Waals surface area contributed by atoms with Crippen molar-refractivity contribution in [3.63, 3.8) is 0 Å². The first-order chi connectivity index (χ1) is 8.49. The SMILES string of the molecule is CC(NC(=O)OCc1ccccc1)C1CC1(C)C. The van der Waals surface area contributed by atoms with E-state index in [9.17, 15) is 4.79 Å². The quantitative estimate of drug-likeness (QED) is 0.886. The molecule has 3 heteroatoms. The molecule has 1 aliphatic carbocycles. The highest BCUT2D eigenvalue weighted by atomic mass is 16.5. The third-order valence-electron chi connectivity index (χ3n) is 3.75. The monoisotopic (exact) mass is 247 g/mol. The van der Waals surface area contributed by atoms with Gasteiger partial charge in [-0.05, 0) is 30.2 Å². The van der Waals surface area contributed by atoms with Gasteiger partial charge >= 0.3 is 6.09 Å². The first-order valence-electron chi connectivity index (χ1n) is 6.46. The van der Waals surface area contributed by atoms with E-state index < -0.39 is 0 Å². The molecule has 0 saturated heterocycles. The van der Waals surface area contributed by atoms with E-state index in [1.807, 2.05) is 37.3 Å². The van der Waals surface area contributed by atoms with E-state index in [4.69, 9.17) is 4.74 Å². The van der Waals surface area contributed by atoms with E-state index in [0.717, 1.165) is 5.56 Å². The minimum atomic E-state index is -0.325. The molecular weight excluding hydrogens is 226 g/mol. The Bertz CT molecular complexity index is 414. The predicted octanol–water partition coefficient (Wildman–Crippen LogP) is 3.35. The zero-order chi connectivity index (χ0) is 13.2. The van der Waals surface area contributed by atoms with Crippen LogP contribution in [0.3, 0.4) is 0 Å². The van der Waals surface area contributed by atoms with Crippen LogP contribution in [0.5, 0.6) is 0 Å². The predicted molar refractivity (Wildman–Crippen MR) is 71.1 cm³/mol.